The SMILES string of the molecule is C[C@H](O)N1C=C2NC=CC(=S)N2N1. The van der Waals surface area contributed by atoms with E-state index in [1.165, 1.54) is 0 Å². The number of thiocarbonyl (C=S) groups is 1. The number of aliphatic hydroxyl groups excluding tert-OH is 1. The summed E-state index contributed by atoms with van der Waals surface area (Å²) in [6.45, 7) is 1.67. The lowest BCUT2D eigenvalue weighted by molar-refractivity contribution is 0.000437. The minimum atomic E-state index is -0.595. The Morgan fingerprint density at radius 1 is 1.62 bits per heavy atom. The molecule has 0 aromatic rings. The fourth-order valence-electron chi connectivity index (χ4n) is 1.12. The molecule has 0 unspecified atom stereocenters. The van der Waals surface area contributed by atoms with Gasteiger partial charge in [-0.25, -0.2) is 5.01 Å². The van der Waals surface area contributed by atoms with E-state index in [1.807, 2.05) is 0 Å². The molecule has 0 amide bonds. The van der Waals surface area contributed by atoms with Crippen LogP contribution >= 0.6 is 12.2 Å². The standard InChI is InChI=1S/C7H10N4OS/c1-5(12)10-4-6-8-3-2-7(13)11(6)9-10/h2-5,8-9,12H,1H3/t5-/m0/s1. The lowest BCUT2D eigenvalue weighted by Crippen LogP contribution is -2.48. The van der Waals surface area contributed by atoms with E-state index in [4.69, 9.17) is 12.2 Å². The van der Waals surface area contributed by atoms with Crippen molar-refractivity contribution in [3.63, 3.8) is 0 Å². The van der Waals surface area contributed by atoms with Crippen LogP contribution in [0.1, 0.15) is 6.92 Å². The summed E-state index contributed by atoms with van der Waals surface area (Å²) < 4.78 is 0. The number of hydrogen-bond donors (Lipinski definition) is 3. The zero-order chi connectivity index (χ0) is 9.42. The number of hydrazine groups is 2. The average molecular weight is 198 g/mol. The van der Waals surface area contributed by atoms with E-state index < -0.39 is 6.23 Å². The molecule has 2 aliphatic heterocycles. The first-order valence-corrected chi connectivity index (χ1v) is 4.31. The molecule has 2 aliphatic rings. The second-order valence-corrected chi connectivity index (χ2v) is 3.22. The van der Waals surface area contributed by atoms with Crippen molar-refractivity contribution in [1.29, 1.82) is 0 Å². The van der Waals surface area contributed by atoms with Gasteiger partial charge < -0.3 is 10.4 Å². The largest absolute Gasteiger partial charge is 0.372 e. The highest BCUT2D eigenvalue weighted by atomic mass is 32.1. The Kier molecular flexibility index (Phi) is 1.95. The molecule has 2 rings (SSSR count). The van der Waals surface area contributed by atoms with Gasteiger partial charge in [0.15, 0.2) is 0 Å². The summed E-state index contributed by atoms with van der Waals surface area (Å²) in [5.41, 5.74) is 2.91. The van der Waals surface area contributed by atoms with Gasteiger partial charge >= 0.3 is 0 Å². The molecule has 13 heavy (non-hydrogen) atoms. The van der Waals surface area contributed by atoms with Crippen LogP contribution in [0.4, 0.5) is 0 Å². The second-order valence-electron chi connectivity index (χ2n) is 2.80. The van der Waals surface area contributed by atoms with Crippen molar-refractivity contribution in [3.8, 4) is 0 Å². The molecule has 0 spiro atoms. The molecule has 0 saturated heterocycles. The molecule has 0 aromatic heterocycles. The van der Waals surface area contributed by atoms with Crippen LogP contribution in [-0.2, 0) is 0 Å². The summed E-state index contributed by atoms with van der Waals surface area (Å²) in [6, 6.07) is 0. The number of rotatable bonds is 1. The van der Waals surface area contributed by atoms with Gasteiger partial charge in [-0.05, 0) is 13.0 Å². The molecule has 70 valence electrons. The minimum absolute atomic E-state index is 0.595. The number of fused-ring (bicyclic) bond motifs is 1. The Morgan fingerprint density at radius 2 is 2.38 bits per heavy atom. The van der Waals surface area contributed by atoms with Crippen molar-refractivity contribution in [1.82, 2.24) is 20.9 Å². The van der Waals surface area contributed by atoms with E-state index in [0.29, 0.717) is 4.99 Å². The molecular formula is C7H10N4OS. The van der Waals surface area contributed by atoms with Crippen LogP contribution in [0, 0.1) is 0 Å². The highest BCUT2D eigenvalue weighted by Gasteiger charge is 2.26. The third-order valence-corrected chi connectivity index (χ3v) is 2.12. The second kappa shape index (κ2) is 2.99. The van der Waals surface area contributed by atoms with Crippen LogP contribution < -0.4 is 10.9 Å². The van der Waals surface area contributed by atoms with Crippen LogP contribution in [0.2, 0.25) is 0 Å². The van der Waals surface area contributed by atoms with Crippen LogP contribution in [-0.4, -0.2) is 26.3 Å². The maximum atomic E-state index is 9.29. The predicted octanol–water partition coefficient (Wildman–Crippen LogP) is -0.395. The molecule has 6 heteroatoms. The molecule has 0 fully saturated rings. The van der Waals surface area contributed by atoms with Crippen molar-refractivity contribution in [2.45, 2.75) is 13.2 Å². The van der Waals surface area contributed by atoms with E-state index in [2.05, 4.69) is 10.9 Å². The summed E-state index contributed by atoms with van der Waals surface area (Å²) in [5, 5.41) is 15.5. The third-order valence-electron chi connectivity index (χ3n) is 1.80. The molecule has 0 saturated carbocycles. The third kappa shape index (κ3) is 1.39. The molecule has 5 nitrogen and oxygen atoms in total. The lowest BCUT2D eigenvalue weighted by atomic mass is 10.5. The minimum Gasteiger partial charge on any atom is -0.372 e. The van der Waals surface area contributed by atoms with E-state index in [-0.39, 0.29) is 0 Å². The van der Waals surface area contributed by atoms with Gasteiger partial charge in [0.2, 0.25) is 0 Å². The highest BCUT2D eigenvalue weighted by molar-refractivity contribution is 7.80. The molecule has 0 radical (unpaired) electrons. The van der Waals surface area contributed by atoms with Gasteiger partial charge in [-0.1, -0.05) is 12.2 Å². The van der Waals surface area contributed by atoms with Gasteiger partial charge in [-0.15, -0.1) is 5.53 Å². The molecule has 0 aromatic carbocycles. The molecule has 1 atom stereocenters. The highest BCUT2D eigenvalue weighted by Crippen LogP contribution is 2.14. The molecule has 0 aliphatic carbocycles. The van der Waals surface area contributed by atoms with Crippen LogP contribution in [0.5, 0.6) is 0 Å². The van der Waals surface area contributed by atoms with Crippen LogP contribution in [0.15, 0.2) is 24.3 Å². The van der Waals surface area contributed by atoms with Gasteiger partial charge in [-0.3, -0.25) is 5.01 Å². The molecule has 3 N–H and O–H groups in total. The topological polar surface area (TPSA) is 50.8 Å². The predicted molar refractivity (Wildman–Crippen MR) is 51.5 cm³/mol. The van der Waals surface area contributed by atoms with Gasteiger partial charge in [0.1, 0.15) is 17.0 Å². The number of hydrogen-bond acceptors (Lipinski definition) is 5. The lowest BCUT2D eigenvalue weighted by Gasteiger charge is -2.26. The first-order chi connectivity index (χ1) is 6.18. The van der Waals surface area contributed by atoms with E-state index in [0.717, 1.165) is 5.82 Å². The van der Waals surface area contributed by atoms with E-state index >= 15 is 0 Å². The Labute approximate surface area is 81.3 Å². The zero-order valence-corrected chi connectivity index (χ0v) is 7.88. The molecular weight excluding hydrogens is 188 g/mol. The van der Waals surface area contributed by atoms with Crippen molar-refractivity contribution in [3.05, 3.63) is 24.3 Å². The Hall–Kier alpha value is -1.11. The van der Waals surface area contributed by atoms with Gasteiger partial charge in [-0.2, -0.15) is 0 Å². The van der Waals surface area contributed by atoms with E-state index in [1.54, 1.807) is 35.4 Å². The summed E-state index contributed by atoms with van der Waals surface area (Å²) in [4.78, 5) is 0.660. The average Bonchev–Trinajstić information content (AvgIpc) is 2.49. The maximum absolute atomic E-state index is 9.29. The Bertz CT molecular complexity index is 299. The van der Waals surface area contributed by atoms with Crippen molar-refractivity contribution >= 4 is 17.2 Å². The van der Waals surface area contributed by atoms with Crippen molar-refractivity contribution in [2.75, 3.05) is 0 Å². The first kappa shape index (κ1) is 8.49. The number of nitrogens with zero attached hydrogens (tertiary/aromatic N) is 2. The van der Waals surface area contributed by atoms with Gasteiger partial charge in [0.05, 0.1) is 6.20 Å². The Morgan fingerprint density at radius 3 is 3.00 bits per heavy atom. The summed E-state index contributed by atoms with van der Waals surface area (Å²) >= 11 is 5.07. The maximum Gasteiger partial charge on any atom is 0.145 e. The van der Waals surface area contributed by atoms with Gasteiger partial charge in [0.25, 0.3) is 0 Å². The smallest absolute Gasteiger partial charge is 0.145 e. The normalized spacial score (nSPS) is 22.6. The fourth-order valence-corrected chi connectivity index (χ4v) is 1.33. The van der Waals surface area contributed by atoms with Crippen LogP contribution in [0.3, 0.4) is 0 Å². The van der Waals surface area contributed by atoms with Crippen LogP contribution in [0.25, 0.3) is 0 Å². The molecule has 0 bridgehead atoms. The van der Waals surface area contributed by atoms with Gasteiger partial charge in [0, 0.05) is 6.20 Å². The molecule has 2 heterocycles. The number of aliphatic hydroxyl groups is 1. The quantitative estimate of drug-likeness (QED) is 0.499. The fraction of sp³-hybridized carbons (Fsp3) is 0.286. The zero-order valence-electron chi connectivity index (χ0n) is 7.06. The van der Waals surface area contributed by atoms with Crippen molar-refractivity contribution in [2.24, 2.45) is 0 Å². The summed E-state index contributed by atoms with van der Waals surface area (Å²) in [7, 11) is 0. The first-order valence-electron chi connectivity index (χ1n) is 3.90. The summed E-state index contributed by atoms with van der Waals surface area (Å²) in [5.74, 6) is 0.813. The Balaban J connectivity index is 2.19. The van der Waals surface area contributed by atoms with E-state index in [9.17, 15) is 5.11 Å². The monoisotopic (exact) mass is 198 g/mol. The summed E-state index contributed by atoms with van der Waals surface area (Å²) in [6.07, 6.45) is 4.69. The number of nitrogens with one attached hydrogen (secondary N) is 2. The van der Waals surface area contributed by atoms with Crippen molar-refractivity contribution < 1.29 is 5.11 Å².